The minimum atomic E-state index is -0.881. The van der Waals surface area contributed by atoms with Gasteiger partial charge in [-0.15, -0.1) is 0 Å². The highest BCUT2D eigenvalue weighted by Gasteiger charge is 2.47. The second kappa shape index (κ2) is 8.49. The molecule has 1 rings (SSSR count). The van der Waals surface area contributed by atoms with E-state index in [1.807, 2.05) is 0 Å². The van der Waals surface area contributed by atoms with Crippen LogP contribution in [0.1, 0.15) is 47.0 Å². The van der Waals surface area contributed by atoms with Crippen LogP contribution in [0.3, 0.4) is 0 Å². The molecule has 2 N–H and O–H groups in total. The molecule has 0 saturated carbocycles. The summed E-state index contributed by atoms with van der Waals surface area (Å²) in [6, 6.07) is 0. The number of unbranched alkanes of at least 4 members (excludes halogenated alkanes) is 1. The summed E-state index contributed by atoms with van der Waals surface area (Å²) < 4.78 is 10.8. The summed E-state index contributed by atoms with van der Waals surface area (Å²) in [6.07, 6.45) is 1.68. The van der Waals surface area contributed by atoms with Crippen LogP contribution in [0.2, 0.25) is 0 Å². The minimum Gasteiger partial charge on any atom is -0.481 e. The Morgan fingerprint density at radius 2 is 1.91 bits per heavy atom. The summed E-state index contributed by atoms with van der Waals surface area (Å²) in [6.45, 7) is 10.0. The van der Waals surface area contributed by atoms with Crippen molar-refractivity contribution in [3.8, 4) is 0 Å². The summed E-state index contributed by atoms with van der Waals surface area (Å²) in [5, 5.41) is 12.3. The maximum Gasteiger partial charge on any atom is 0.410 e. The van der Waals surface area contributed by atoms with E-state index in [-0.39, 0.29) is 6.42 Å². The normalized spacial score (nSPS) is 16.8. The second-order valence-electron chi connectivity index (χ2n) is 7.08. The second-order valence-corrected chi connectivity index (χ2v) is 7.08. The van der Waals surface area contributed by atoms with Gasteiger partial charge in [0.2, 0.25) is 0 Å². The summed E-state index contributed by atoms with van der Waals surface area (Å²) in [7, 11) is 0. The lowest BCUT2D eigenvalue weighted by molar-refractivity contribution is -0.141. The van der Waals surface area contributed by atoms with E-state index in [2.05, 4.69) is 12.2 Å². The number of amides is 1. The molecule has 0 aliphatic carbocycles. The standard InChI is InChI=1S/C16H30N2O5/c1-5-6-8-22-9-7-17-16(10-13(19)20)11-18(12-16)14(21)23-15(2,3)4/h17H,5-12H2,1-4H3,(H,19,20). The molecule has 1 fully saturated rings. The molecule has 1 amide bonds. The van der Waals surface area contributed by atoms with Gasteiger partial charge in [0.05, 0.1) is 18.6 Å². The van der Waals surface area contributed by atoms with Crippen LogP contribution in [0.25, 0.3) is 0 Å². The fourth-order valence-electron chi connectivity index (χ4n) is 2.45. The molecule has 1 aliphatic rings. The van der Waals surface area contributed by atoms with Crippen LogP contribution in [-0.4, -0.2) is 66.1 Å². The van der Waals surface area contributed by atoms with E-state index in [0.29, 0.717) is 32.8 Å². The number of nitrogens with zero attached hydrogens (tertiary/aromatic N) is 1. The molecule has 0 unspecified atom stereocenters. The molecule has 0 atom stereocenters. The van der Waals surface area contributed by atoms with E-state index in [4.69, 9.17) is 14.6 Å². The maximum absolute atomic E-state index is 12.0. The predicted octanol–water partition coefficient (Wildman–Crippen LogP) is 1.86. The highest BCUT2D eigenvalue weighted by molar-refractivity contribution is 5.73. The van der Waals surface area contributed by atoms with Crippen molar-refractivity contribution < 1.29 is 24.2 Å². The highest BCUT2D eigenvalue weighted by atomic mass is 16.6. The molecular formula is C16H30N2O5. The Kier molecular flexibility index (Phi) is 7.28. The van der Waals surface area contributed by atoms with Gasteiger partial charge >= 0.3 is 12.1 Å². The molecule has 7 heteroatoms. The molecule has 0 aromatic carbocycles. The molecular weight excluding hydrogens is 300 g/mol. The van der Waals surface area contributed by atoms with Gasteiger partial charge in [0.25, 0.3) is 0 Å². The summed E-state index contributed by atoms with van der Waals surface area (Å²) >= 11 is 0. The third-order valence-corrected chi connectivity index (χ3v) is 3.52. The lowest BCUT2D eigenvalue weighted by atomic mass is 9.86. The van der Waals surface area contributed by atoms with Crippen molar-refractivity contribution in [2.24, 2.45) is 0 Å². The zero-order chi connectivity index (χ0) is 17.5. The molecule has 0 bridgehead atoms. The number of rotatable bonds is 9. The van der Waals surface area contributed by atoms with Crippen molar-refractivity contribution in [2.75, 3.05) is 32.8 Å². The van der Waals surface area contributed by atoms with E-state index in [9.17, 15) is 9.59 Å². The molecule has 23 heavy (non-hydrogen) atoms. The van der Waals surface area contributed by atoms with Gasteiger partial charge in [0.1, 0.15) is 5.60 Å². The third-order valence-electron chi connectivity index (χ3n) is 3.52. The smallest absolute Gasteiger partial charge is 0.410 e. The Morgan fingerprint density at radius 1 is 1.26 bits per heavy atom. The van der Waals surface area contributed by atoms with Crippen LogP contribution < -0.4 is 5.32 Å². The van der Waals surface area contributed by atoms with Gasteiger partial charge in [0.15, 0.2) is 0 Å². The van der Waals surface area contributed by atoms with Crippen molar-refractivity contribution in [3.05, 3.63) is 0 Å². The van der Waals surface area contributed by atoms with Crippen molar-refractivity contribution in [3.63, 3.8) is 0 Å². The van der Waals surface area contributed by atoms with Crippen LogP contribution in [-0.2, 0) is 14.3 Å². The van der Waals surface area contributed by atoms with E-state index < -0.39 is 23.2 Å². The number of nitrogens with one attached hydrogen (secondary N) is 1. The molecule has 0 aromatic rings. The van der Waals surface area contributed by atoms with Crippen molar-refractivity contribution in [1.29, 1.82) is 0 Å². The van der Waals surface area contributed by atoms with E-state index in [1.165, 1.54) is 4.90 Å². The lowest BCUT2D eigenvalue weighted by Crippen LogP contribution is -2.71. The molecule has 0 spiro atoms. The molecule has 134 valence electrons. The first kappa shape index (κ1) is 19.7. The third kappa shape index (κ3) is 7.18. The zero-order valence-electron chi connectivity index (χ0n) is 14.7. The number of aliphatic carboxylic acids is 1. The van der Waals surface area contributed by atoms with Crippen LogP contribution >= 0.6 is 0 Å². The largest absolute Gasteiger partial charge is 0.481 e. The lowest BCUT2D eigenvalue weighted by Gasteiger charge is -2.49. The number of carbonyl (C=O) groups excluding carboxylic acids is 1. The van der Waals surface area contributed by atoms with Gasteiger partial charge in [-0.05, 0) is 27.2 Å². The van der Waals surface area contributed by atoms with Crippen LogP contribution in [0.4, 0.5) is 4.79 Å². The number of carboxylic acids is 1. The van der Waals surface area contributed by atoms with E-state index in [1.54, 1.807) is 20.8 Å². The number of likely N-dealkylation sites (tertiary alicyclic amines) is 1. The van der Waals surface area contributed by atoms with Gasteiger partial charge < -0.3 is 24.8 Å². The van der Waals surface area contributed by atoms with Crippen molar-refractivity contribution >= 4 is 12.1 Å². The molecule has 7 nitrogen and oxygen atoms in total. The molecule has 0 radical (unpaired) electrons. The van der Waals surface area contributed by atoms with Crippen LogP contribution in [0.5, 0.6) is 0 Å². The average molecular weight is 330 g/mol. The highest BCUT2D eigenvalue weighted by Crippen LogP contribution is 2.26. The SMILES string of the molecule is CCCCOCCNC1(CC(=O)O)CN(C(=O)OC(C)(C)C)C1. The fourth-order valence-corrected chi connectivity index (χ4v) is 2.45. The Morgan fingerprint density at radius 3 is 2.43 bits per heavy atom. The molecule has 1 aliphatic heterocycles. The number of ether oxygens (including phenoxy) is 2. The van der Waals surface area contributed by atoms with Crippen molar-refractivity contribution in [1.82, 2.24) is 10.2 Å². The minimum absolute atomic E-state index is 0.0265. The predicted molar refractivity (Wildman–Crippen MR) is 86.5 cm³/mol. The number of hydrogen-bond donors (Lipinski definition) is 2. The summed E-state index contributed by atoms with van der Waals surface area (Å²) in [5.41, 5.74) is -1.14. The molecule has 1 saturated heterocycles. The molecule has 1 heterocycles. The van der Waals surface area contributed by atoms with E-state index in [0.717, 1.165) is 12.8 Å². The first-order valence-corrected chi connectivity index (χ1v) is 8.20. The Bertz CT molecular complexity index is 400. The number of carbonyl (C=O) groups is 2. The van der Waals surface area contributed by atoms with Gasteiger partial charge in [0, 0.05) is 26.2 Å². The average Bonchev–Trinajstić information content (AvgIpc) is 2.36. The quantitative estimate of drug-likeness (QED) is 0.627. The first-order valence-electron chi connectivity index (χ1n) is 8.20. The Hall–Kier alpha value is -1.34. The van der Waals surface area contributed by atoms with Gasteiger partial charge in [-0.3, -0.25) is 4.79 Å². The van der Waals surface area contributed by atoms with Gasteiger partial charge in [-0.25, -0.2) is 4.79 Å². The Labute approximate surface area is 138 Å². The Balaban J connectivity index is 2.40. The summed E-state index contributed by atoms with van der Waals surface area (Å²) in [5.74, 6) is -0.881. The maximum atomic E-state index is 12.0. The van der Waals surface area contributed by atoms with Crippen molar-refractivity contribution in [2.45, 2.75) is 58.1 Å². The summed E-state index contributed by atoms with van der Waals surface area (Å²) in [4.78, 5) is 24.6. The van der Waals surface area contributed by atoms with Crippen LogP contribution in [0.15, 0.2) is 0 Å². The topological polar surface area (TPSA) is 88.1 Å². The first-order chi connectivity index (χ1) is 10.7. The zero-order valence-corrected chi connectivity index (χ0v) is 14.7. The van der Waals surface area contributed by atoms with Crippen LogP contribution in [0, 0.1) is 0 Å². The van der Waals surface area contributed by atoms with Gasteiger partial charge in [-0.1, -0.05) is 13.3 Å². The van der Waals surface area contributed by atoms with E-state index >= 15 is 0 Å². The monoisotopic (exact) mass is 330 g/mol. The number of hydrogen-bond acceptors (Lipinski definition) is 5. The molecule has 0 aromatic heterocycles. The van der Waals surface area contributed by atoms with Gasteiger partial charge in [-0.2, -0.15) is 0 Å². The fraction of sp³-hybridized carbons (Fsp3) is 0.875. The number of carboxylic acid groups (broad SMARTS) is 1.